The molecule has 0 fully saturated rings. The van der Waals surface area contributed by atoms with Crippen molar-refractivity contribution in [3.8, 4) is 0 Å². The average molecular weight is 306 g/mol. The molecule has 0 aliphatic rings. The van der Waals surface area contributed by atoms with Gasteiger partial charge in [-0.2, -0.15) is 21.6 Å². The summed E-state index contributed by atoms with van der Waals surface area (Å²) in [6.07, 6.45) is 0. The molecule has 0 N–H and O–H groups in total. The van der Waals surface area contributed by atoms with Gasteiger partial charge in [-0.05, 0) is 10.8 Å². The summed E-state index contributed by atoms with van der Waals surface area (Å²) in [6, 6.07) is 16.7. The van der Waals surface area contributed by atoms with Gasteiger partial charge >= 0.3 is 22.1 Å². The van der Waals surface area contributed by atoms with Crippen LogP contribution >= 0.6 is 0 Å². The maximum absolute atomic E-state index is 11.1. The lowest BCUT2D eigenvalue weighted by molar-refractivity contribution is -0.122. The van der Waals surface area contributed by atoms with Gasteiger partial charge in [0, 0.05) is 0 Å². The molecule has 0 amide bonds. The van der Waals surface area contributed by atoms with Crippen molar-refractivity contribution in [3.05, 3.63) is 48.5 Å². The maximum atomic E-state index is 11.1. The first-order valence-corrected chi connectivity index (χ1v) is 6.56. The van der Waals surface area contributed by atoms with Gasteiger partial charge in [-0.3, -0.25) is 4.79 Å². The minimum Gasteiger partial charge on any atom is -0.342 e. The second-order valence-corrected chi connectivity index (χ2v) is 5.00. The van der Waals surface area contributed by atoms with Crippen molar-refractivity contribution in [2.45, 2.75) is 5.51 Å². The first-order chi connectivity index (χ1) is 9.28. The second-order valence-electron chi connectivity index (χ2n) is 3.44. The van der Waals surface area contributed by atoms with Crippen LogP contribution in [0.15, 0.2) is 48.5 Å². The number of hydrogen-bond acceptors (Lipinski definition) is 4. The fourth-order valence-corrected chi connectivity index (χ4v) is 1.45. The monoisotopic (exact) mass is 306 g/mol. The predicted octanol–water partition coefficient (Wildman–Crippen LogP) is 2.85. The molecule has 108 valence electrons. The van der Waals surface area contributed by atoms with Crippen molar-refractivity contribution in [2.24, 2.45) is 0 Å². The Balaban J connectivity index is 0.000000200. The first kappa shape index (κ1) is 16.0. The molecular weight excluding hydrogens is 297 g/mol. The number of carbonyl (C=O) groups is 1. The van der Waals surface area contributed by atoms with E-state index in [1.165, 1.54) is 10.8 Å². The van der Waals surface area contributed by atoms with Crippen molar-refractivity contribution in [3.63, 3.8) is 0 Å². The van der Waals surface area contributed by atoms with Gasteiger partial charge in [0.15, 0.2) is 0 Å². The van der Waals surface area contributed by atoms with Crippen LogP contribution in [0.5, 0.6) is 0 Å². The number of rotatable bonds is 2. The maximum Gasteiger partial charge on any atom is 0.534 e. The summed E-state index contributed by atoms with van der Waals surface area (Å²) in [6.45, 7) is -0.803. The zero-order valence-electron chi connectivity index (χ0n) is 9.87. The number of alkyl halides is 3. The lowest BCUT2D eigenvalue weighted by Gasteiger charge is -2.02. The SMILES string of the molecule is O=COS(=O)(=O)C(F)(F)F.c1ccc2ccccc2c1. The molecule has 0 heterocycles. The van der Waals surface area contributed by atoms with E-state index in [1.54, 1.807) is 0 Å². The summed E-state index contributed by atoms with van der Waals surface area (Å²) >= 11 is 0. The molecule has 0 radical (unpaired) electrons. The first-order valence-electron chi connectivity index (χ1n) is 5.15. The van der Waals surface area contributed by atoms with Crippen molar-refractivity contribution in [1.29, 1.82) is 0 Å². The number of carbonyl (C=O) groups excluding carboxylic acids is 1. The highest BCUT2D eigenvalue weighted by atomic mass is 32.2. The van der Waals surface area contributed by atoms with Crippen LogP contribution < -0.4 is 0 Å². The third-order valence-corrected chi connectivity index (χ3v) is 3.01. The van der Waals surface area contributed by atoms with Crippen LogP contribution in [0.4, 0.5) is 13.2 Å². The standard InChI is InChI=1S/C10H8.C2HF3O4S/c1-2-6-10-8-4-3-7-9(10)5-1;3-2(4,5)10(7,8)9-1-6/h1-8H;1H. The van der Waals surface area contributed by atoms with Crippen molar-refractivity contribution in [1.82, 2.24) is 0 Å². The Morgan fingerprint density at radius 1 is 0.900 bits per heavy atom. The lowest BCUT2D eigenvalue weighted by atomic mass is 10.1. The second kappa shape index (κ2) is 6.38. The highest BCUT2D eigenvalue weighted by Gasteiger charge is 2.48. The van der Waals surface area contributed by atoms with Gasteiger partial charge in [0.25, 0.3) is 0 Å². The molecule has 8 heteroatoms. The molecule has 2 aromatic rings. The van der Waals surface area contributed by atoms with E-state index < -0.39 is 22.1 Å². The summed E-state index contributed by atoms with van der Waals surface area (Å²) in [5.74, 6) is 0. The third kappa shape index (κ3) is 4.23. The van der Waals surface area contributed by atoms with E-state index in [9.17, 15) is 21.6 Å². The largest absolute Gasteiger partial charge is 0.534 e. The molecule has 2 rings (SSSR count). The molecular formula is C12H9F3O4S. The highest BCUT2D eigenvalue weighted by Crippen LogP contribution is 2.23. The number of halogens is 3. The minimum absolute atomic E-state index is 0.803. The van der Waals surface area contributed by atoms with Gasteiger partial charge in [0.1, 0.15) is 0 Å². The Bertz CT molecular complexity index is 615. The van der Waals surface area contributed by atoms with E-state index in [-0.39, 0.29) is 0 Å². The normalized spacial score (nSPS) is 11.3. The molecule has 0 unspecified atom stereocenters. The Kier molecular flexibility index (Phi) is 5.09. The van der Waals surface area contributed by atoms with Crippen LogP contribution in [-0.4, -0.2) is 20.4 Å². The van der Waals surface area contributed by atoms with Gasteiger partial charge < -0.3 is 4.18 Å². The van der Waals surface area contributed by atoms with Gasteiger partial charge in [0.2, 0.25) is 0 Å². The molecule has 0 bridgehead atoms. The van der Waals surface area contributed by atoms with Gasteiger partial charge in [0.05, 0.1) is 0 Å². The molecule has 2 aromatic carbocycles. The van der Waals surface area contributed by atoms with E-state index in [2.05, 4.69) is 52.7 Å². The van der Waals surface area contributed by atoms with E-state index in [4.69, 9.17) is 4.79 Å². The van der Waals surface area contributed by atoms with Crippen LogP contribution in [0.1, 0.15) is 0 Å². The van der Waals surface area contributed by atoms with Gasteiger partial charge in [-0.1, -0.05) is 48.5 Å². The number of fused-ring (bicyclic) bond motifs is 1. The topological polar surface area (TPSA) is 60.4 Å². The predicted molar refractivity (Wildman–Crippen MR) is 66.1 cm³/mol. The zero-order chi connectivity index (χ0) is 15.2. The zero-order valence-corrected chi connectivity index (χ0v) is 10.7. The summed E-state index contributed by atoms with van der Waals surface area (Å²) in [7, 11) is -5.72. The molecule has 0 saturated carbocycles. The molecule has 0 aromatic heterocycles. The quantitative estimate of drug-likeness (QED) is 0.486. The van der Waals surface area contributed by atoms with Crippen molar-refractivity contribution < 1.29 is 30.6 Å². The molecule has 0 atom stereocenters. The van der Waals surface area contributed by atoms with Gasteiger partial charge in [-0.25, -0.2) is 0 Å². The summed E-state index contributed by atoms with van der Waals surface area (Å²) < 4.78 is 55.6. The molecule has 0 saturated heterocycles. The summed E-state index contributed by atoms with van der Waals surface area (Å²) in [5, 5.41) is 2.62. The van der Waals surface area contributed by atoms with E-state index >= 15 is 0 Å². The Morgan fingerprint density at radius 3 is 1.45 bits per heavy atom. The number of hydrogen-bond donors (Lipinski definition) is 0. The Labute approximate surface area is 112 Å². The fourth-order valence-electron chi connectivity index (χ4n) is 1.24. The average Bonchev–Trinajstić information content (AvgIpc) is 2.38. The Morgan fingerprint density at radius 2 is 1.25 bits per heavy atom. The van der Waals surface area contributed by atoms with Crippen LogP contribution in [0, 0.1) is 0 Å². The van der Waals surface area contributed by atoms with E-state index in [1.807, 2.05) is 0 Å². The molecule has 0 spiro atoms. The van der Waals surface area contributed by atoms with E-state index in [0.29, 0.717) is 0 Å². The summed E-state index contributed by atoms with van der Waals surface area (Å²) in [5.41, 5.74) is -5.53. The van der Waals surface area contributed by atoms with E-state index in [0.717, 1.165) is 0 Å². The minimum atomic E-state index is -5.72. The highest BCUT2D eigenvalue weighted by molar-refractivity contribution is 7.87. The van der Waals surface area contributed by atoms with Crippen LogP contribution in [-0.2, 0) is 19.1 Å². The third-order valence-electron chi connectivity index (χ3n) is 2.11. The fraction of sp³-hybridized carbons (Fsp3) is 0.0833. The molecule has 20 heavy (non-hydrogen) atoms. The van der Waals surface area contributed by atoms with Gasteiger partial charge in [-0.15, -0.1) is 0 Å². The van der Waals surface area contributed by atoms with Crippen LogP contribution in [0.25, 0.3) is 10.8 Å². The van der Waals surface area contributed by atoms with Crippen LogP contribution in [0.2, 0.25) is 0 Å². The number of benzene rings is 2. The molecule has 0 aliphatic heterocycles. The lowest BCUT2D eigenvalue weighted by Crippen LogP contribution is -2.24. The van der Waals surface area contributed by atoms with Crippen LogP contribution in [0.3, 0.4) is 0 Å². The molecule has 4 nitrogen and oxygen atoms in total. The molecule has 0 aliphatic carbocycles. The van der Waals surface area contributed by atoms with Crippen molar-refractivity contribution in [2.75, 3.05) is 0 Å². The van der Waals surface area contributed by atoms with Crippen molar-refractivity contribution >= 4 is 27.4 Å². The Hall–Kier alpha value is -2.09. The summed E-state index contributed by atoms with van der Waals surface area (Å²) in [4.78, 5) is 9.17. The smallest absolute Gasteiger partial charge is 0.342 e.